The van der Waals surface area contributed by atoms with E-state index in [4.69, 9.17) is 4.74 Å². The predicted molar refractivity (Wildman–Crippen MR) is 61.6 cm³/mol. The minimum absolute atomic E-state index is 0.116. The third-order valence-electron chi connectivity index (χ3n) is 3.57. The molecule has 1 saturated carbocycles. The fourth-order valence-corrected chi connectivity index (χ4v) is 2.68. The van der Waals surface area contributed by atoms with Gasteiger partial charge in [-0.05, 0) is 31.1 Å². The summed E-state index contributed by atoms with van der Waals surface area (Å²) in [5.74, 6) is 1.22. The molecule has 0 radical (unpaired) electrons. The number of esters is 1. The molecule has 0 aliphatic heterocycles. The molecule has 0 aromatic carbocycles. The van der Waals surface area contributed by atoms with E-state index < -0.39 is 0 Å². The second-order valence-corrected chi connectivity index (χ2v) is 4.86. The van der Waals surface area contributed by atoms with Gasteiger partial charge in [0.2, 0.25) is 0 Å². The molecule has 0 unspecified atom stereocenters. The summed E-state index contributed by atoms with van der Waals surface area (Å²) < 4.78 is 5.39. The Balaban J connectivity index is 2.38. The third kappa shape index (κ3) is 3.84. The number of carbonyl (C=O) groups excluding carboxylic acids is 1. The van der Waals surface area contributed by atoms with Crippen LogP contribution in [0.1, 0.15) is 59.3 Å². The summed E-state index contributed by atoms with van der Waals surface area (Å²) in [7, 11) is 0. The minimum Gasteiger partial charge on any atom is -0.462 e. The van der Waals surface area contributed by atoms with Crippen LogP contribution in [0.2, 0.25) is 0 Å². The van der Waals surface area contributed by atoms with E-state index in [1.165, 1.54) is 39.0 Å². The predicted octanol–water partition coefficient (Wildman–Crippen LogP) is 3.54. The van der Waals surface area contributed by atoms with Crippen LogP contribution in [0, 0.1) is 11.8 Å². The normalized spacial score (nSPS) is 30.5. The van der Waals surface area contributed by atoms with Crippen LogP contribution in [0.3, 0.4) is 0 Å². The second-order valence-electron chi connectivity index (χ2n) is 4.86. The van der Waals surface area contributed by atoms with Crippen molar-refractivity contribution >= 4 is 5.97 Å². The molecule has 15 heavy (non-hydrogen) atoms. The van der Waals surface area contributed by atoms with Gasteiger partial charge < -0.3 is 4.74 Å². The highest BCUT2D eigenvalue weighted by molar-refractivity contribution is 5.66. The molecule has 0 N–H and O–H groups in total. The zero-order chi connectivity index (χ0) is 11.3. The Morgan fingerprint density at radius 3 is 2.67 bits per heavy atom. The summed E-state index contributed by atoms with van der Waals surface area (Å²) in [5.41, 5.74) is 0. The molecule has 0 aromatic rings. The number of carbonyl (C=O) groups is 1. The summed E-state index contributed by atoms with van der Waals surface area (Å²) >= 11 is 0. The third-order valence-corrected chi connectivity index (χ3v) is 3.57. The van der Waals surface area contributed by atoms with Crippen molar-refractivity contribution in [1.29, 1.82) is 0 Å². The van der Waals surface area contributed by atoms with Gasteiger partial charge in [-0.2, -0.15) is 0 Å². The lowest BCUT2D eigenvalue weighted by atomic mass is 9.91. The molecular formula is C13H24O2. The van der Waals surface area contributed by atoms with Crippen molar-refractivity contribution in [3.63, 3.8) is 0 Å². The number of rotatable bonds is 5. The van der Waals surface area contributed by atoms with E-state index in [1.807, 2.05) is 0 Å². The van der Waals surface area contributed by atoms with Crippen LogP contribution in [-0.2, 0) is 9.53 Å². The van der Waals surface area contributed by atoms with E-state index in [9.17, 15) is 4.79 Å². The van der Waals surface area contributed by atoms with Gasteiger partial charge in [-0.25, -0.2) is 0 Å². The molecule has 0 aromatic heterocycles. The lowest BCUT2D eigenvalue weighted by Crippen LogP contribution is -2.23. The number of hydrogen-bond acceptors (Lipinski definition) is 2. The van der Waals surface area contributed by atoms with Crippen molar-refractivity contribution in [1.82, 2.24) is 0 Å². The second kappa shape index (κ2) is 6.14. The molecule has 1 aliphatic rings. The molecular weight excluding hydrogens is 188 g/mol. The van der Waals surface area contributed by atoms with Gasteiger partial charge in [-0.1, -0.05) is 33.1 Å². The van der Waals surface area contributed by atoms with Gasteiger partial charge in [0.15, 0.2) is 0 Å². The number of unbranched alkanes of at least 4 members (excludes halogenated alkanes) is 2. The van der Waals surface area contributed by atoms with E-state index in [2.05, 4.69) is 13.8 Å². The van der Waals surface area contributed by atoms with Gasteiger partial charge in [0.25, 0.3) is 0 Å². The van der Waals surface area contributed by atoms with Crippen LogP contribution < -0.4 is 0 Å². The Morgan fingerprint density at radius 1 is 1.33 bits per heavy atom. The Labute approximate surface area is 93.4 Å². The molecule has 0 bridgehead atoms. The maximum absolute atomic E-state index is 11.0. The number of hydrogen-bond donors (Lipinski definition) is 0. The van der Waals surface area contributed by atoms with Crippen LogP contribution >= 0.6 is 0 Å². The lowest BCUT2D eigenvalue weighted by Gasteiger charge is -2.22. The highest BCUT2D eigenvalue weighted by atomic mass is 16.5. The minimum atomic E-state index is -0.116. The largest absolute Gasteiger partial charge is 0.462 e. The Hall–Kier alpha value is -0.530. The standard InChI is InChI=1S/C13H24O2/c1-4-5-6-7-12-10(2)8-9-13(12)15-11(3)14/h10,12-13H,4-9H2,1-3H3/t10-,12-,13-/m0/s1. The summed E-state index contributed by atoms with van der Waals surface area (Å²) in [6, 6.07) is 0. The van der Waals surface area contributed by atoms with Crippen molar-refractivity contribution in [2.75, 3.05) is 0 Å². The van der Waals surface area contributed by atoms with E-state index >= 15 is 0 Å². The molecule has 88 valence electrons. The maximum Gasteiger partial charge on any atom is 0.302 e. The first-order valence-corrected chi connectivity index (χ1v) is 6.32. The van der Waals surface area contributed by atoms with Crippen LogP contribution in [0.5, 0.6) is 0 Å². The van der Waals surface area contributed by atoms with Crippen LogP contribution in [-0.4, -0.2) is 12.1 Å². The average molecular weight is 212 g/mol. The quantitative estimate of drug-likeness (QED) is 0.514. The van der Waals surface area contributed by atoms with E-state index in [0.29, 0.717) is 5.92 Å². The van der Waals surface area contributed by atoms with Crippen molar-refractivity contribution < 1.29 is 9.53 Å². The smallest absolute Gasteiger partial charge is 0.302 e. The summed E-state index contributed by atoms with van der Waals surface area (Å²) in [4.78, 5) is 11.0. The van der Waals surface area contributed by atoms with E-state index in [1.54, 1.807) is 0 Å². The van der Waals surface area contributed by atoms with Gasteiger partial charge in [0.1, 0.15) is 6.10 Å². The van der Waals surface area contributed by atoms with Gasteiger partial charge >= 0.3 is 5.97 Å². The van der Waals surface area contributed by atoms with E-state index in [0.717, 1.165) is 12.3 Å². The first-order chi connectivity index (χ1) is 7.15. The van der Waals surface area contributed by atoms with Crippen molar-refractivity contribution in [2.24, 2.45) is 11.8 Å². The Morgan fingerprint density at radius 2 is 2.07 bits per heavy atom. The highest BCUT2D eigenvalue weighted by Gasteiger charge is 2.34. The fourth-order valence-electron chi connectivity index (χ4n) is 2.68. The Bertz CT molecular complexity index is 201. The van der Waals surface area contributed by atoms with Crippen LogP contribution in [0.15, 0.2) is 0 Å². The fraction of sp³-hybridized carbons (Fsp3) is 0.923. The van der Waals surface area contributed by atoms with E-state index in [-0.39, 0.29) is 12.1 Å². The summed E-state index contributed by atoms with van der Waals surface area (Å²) in [6.45, 7) is 6.04. The van der Waals surface area contributed by atoms with Crippen LogP contribution in [0.25, 0.3) is 0 Å². The molecule has 2 nitrogen and oxygen atoms in total. The molecule has 1 rings (SSSR count). The van der Waals surface area contributed by atoms with Gasteiger partial charge in [0, 0.05) is 6.92 Å². The first kappa shape index (κ1) is 12.5. The molecule has 2 heteroatoms. The molecule has 0 amide bonds. The SMILES string of the molecule is CCCCC[C@@H]1[C@@H](OC(C)=O)CC[C@@H]1C. The first-order valence-electron chi connectivity index (χ1n) is 6.32. The monoisotopic (exact) mass is 212 g/mol. The molecule has 1 aliphatic carbocycles. The van der Waals surface area contributed by atoms with Crippen molar-refractivity contribution in [3.05, 3.63) is 0 Å². The number of ether oxygens (including phenoxy) is 1. The molecule has 3 atom stereocenters. The zero-order valence-electron chi connectivity index (χ0n) is 10.3. The van der Waals surface area contributed by atoms with Gasteiger partial charge in [0.05, 0.1) is 0 Å². The molecule has 0 heterocycles. The molecule has 1 fully saturated rings. The highest BCUT2D eigenvalue weighted by Crippen LogP contribution is 2.37. The Kier molecular flexibility index (Phi) is 5.13. The summed E-state index contributed by atoms with van der Waals surface area (Å²) in [6.07, 6.45) is 7.56. The average Bonchev–Trinajstić information content (AvgIpc) is 2.49. The van der Waals surface area contributed by atoms with Gasteiger partial charge in [-0.3, -0.25) is 4.79 Å². The maximum atomic E-state index is 11.0. The van der Waals surface area contributed by atoms with Crippen LogP contribution in [0.4, 0.5) is 0 Å². The molecule has 0 spiro atoms. The van der Waals surface area contributed by atoms with Crippen molar-refractivity contribution in [2.45, 2.75) is 65.4 Å². The zero-order valence-corrected chi connectivity index (χ0v) is 10.3. The van der Waals surface area contributed by atoms with Crippen molar-refractivity contribution in [3.8, 4) is 0 Å². The molecule has 0 saturated heterocycles. The van der Waals surface area contributed by atoms with Gasteiger partial charge in [-0.15, -0.1) is 0 Å². The summed E-state index contributed by atoms with van der Waals surface area (Å²) in [5, 5.41) is 0. The lowest BCUT2D eigenvalue weighted by molar-refractivity contribution is -0.148. The topological polar surface area (TPSA) is 26.3 Å².